The van der Waals surface area contributed by atoms with Crippen LogP contribution in [0, 0.1) is 17.2 Å². The van der Waals surface area contributed by atoms with Crippen molar-refractivity contribution in [3.05, 3.63) is 29.6 Å². The SMILES string of the molecule is CC(C)Cn1c(C(C)O)nc2cc(C#N)ccc21. The van der Waals surface area contributed by atoms with Gasteiger partial charge in [-0.1, -0.05) is 13.8 Å². The first-order chi connectivity index (χ1) is 8.52. The molecule has 1 N–H and O–H groups in total. The van der Waals surface area contributed by atoms with Gasteiger partial charge in [-0.05, 0) is 31.0 Å². The van der Waals surface area contributed by atoms with Gasteiger partial charge in [0.15, 0.2) is 0 Å². The first-order valence-electron chi connectivity index (χ1n) is 6.11. The Morgan fingerprint density at radius 2 is 2.11 bits per heavy atom. The zero-order chi connectivity index (χ0) is 13.3. The predicted octanol–water partition coefficient (Wildman–Crippen LogP) is 2.62. The number of aromatic nitrogens is 2. The summed E-state index contributed by atoms with van der Waals surface area (Å²) in [6.07, 6.45) is -0.610. The minimum absolute atomic E-state index is 0.468. The Morgan fingerprint density at radius 3 is 2.67 bits per heavy atom. The first-order valence-corrected chi connectivity index (χ1v) is 6.11. The molecule has 2 rings (SSSR count). The van der Waals surface area contributed by atoms with Crippen molar-refractivity contribution >= 4 is 11.0 Å². The summed E-state index contributed by atoms with van der Waals surface area (Å²) in [4.78, 5) is 4.44. The minimum atomic E-state index is -0.610. The lowest BCUT2D eigenvalue weighted by molar-refractivity contribution is 0.183. The fraction of sp³-hybridized carbons (Fsp3) is 0.429. The van der Waals surface area contributed by atoms with Crippen molar-refractivity contribution in [2.24, 2.45) is 5.92 Å². The highest BCUT2D eigenvalue weighted by Crippen LogP contribution is 2.23. The average Bonchev–Trinajstić information content (AvgIpc) is 2.66. The predicted molar refractivity (Wildman–Crippen MR) is 69.9 cm³/mol. The standard InChI is InChI=1S/C14H17N3O/c1-9(2)8-17-13-5-4-11(7-15)6-12(13)16-14(17)10(3)18/h4-6,9-10,18H,8H2,1-3H3. The smallest absolute Gasteiger partial charge is 0.138 e. The lowest BCUT2D eigenvalue weighted by atomic mass is 10.2. The number of benzene rings is 1. The molecular weight excluding hydrogens is 226 g/mol. The number of hydrogen-bond donors (Lipinski definition) is 1. The van der Waals surface area contributed by atoms with E-state index in [9.17, 15) is 5.11 Å². The molecule has 1 aromatic carbocycles. The number of nitriles is 1. The molecule has 0 amide bonds. The second kappa shape index (κ2) is 4.79. The number of nitrogens with zero attached hydrogens (tertiary/aromatic N) is 3. The average molecular weight is 243 g/mol. The number of imidazole rings is 1. The minimum Gasteiger partial charge on any atom is -0.385 e. The van der Waals surface area contributed by atoms with E-state index >= 15 is 0 Å². The Hall–Kier alpha value is -1.86. The molecule has 1 atom stereocenters. The fourth-order valence-electron chi connectivity index (χ4n) is 2.09. The van der Waals surface area contributed by atoms with Gasteiger partial charge >= 0.3 is 0 Å². The summed E-state index contributed by atoms with van der Waals surface area (Å²) in [5.74, 6) is 1.13. The topological polar surface area (TPSA) is 61.8 Å². The van der Waals surface area contributed by atoms with E-state index in [-0.39, 0.29) is 0 Å². The summed E-state index contributed by atoms with van der Waals surface area (Å²) in [6, 6.07) is 7.55. The molecule has 1 heterocycles. The van der Waals surface area contributed by atoms with E-state index in [2.05, 4.69) is 24.9 Å². The van der Waals surface area contributed by atoms with Gasteiger partial charge in [0.2, 0.25) is 0 Å². The van der Waals surface area contributed by atoms with Crippen LogP contribution in [0.1, 0.15) is 38.3 Å². The zero-order valence-electron chi connectivity index (χ0n) is 10.9. The summed E-state index contributed by atoms with van der Waals surface area (Å²) in [5, 5.41) is 18.7. The molecule has 0 saturated heterocycles. The molecule has 0 aliphatic heterocycles. The van der Waals surface area contributed by atoms with Crippen LogP contribution in [0.4, 0.5) is 0 Å². The van der Waals surface area contributed by atoms with E-state index in [4.69, 9.17) is 5.26 Å². The Labute approximate surface area is 106 Å². The molecule has 0 saturated carbocycles. The molecule has 4 heteroatoms. The number of hydrogen-bond acceptors (Lipinski definition) is 3. The molecular formula is C14H17N3O. The number of fused-ring (bicyclic) bond motifs is 1. The largest absolute Gasteiger partial charge is 0.385 e. The molecule has 0 fully saturated rings. The quantitative estimate of drug-likeness (QED) is 0.901. The van der Waals surface area contributed by atoms with E-state index < -0.39 is 6.10 Å². The third-order valence-corrected chi connectivity index (χ3v) is 2.83. The molecule has 4 nitrogen and oxygen atoms in total. The monoisotopic (exact) mass is 243 g/mol. The maximum Gasteiger partial charge on any atom is 0.138 e. The Morgan fingerprint density at radius 1 is 1.39 bits per heavy atom. The van der Waals surface area contributed by atoms with Crippen molar-refractivity contribution in [2.45, 2.75) is 33.4 Å². The zero-order valence-corrected chi connectivity index (χ0v) is 10.9. The molecule has 0 radical (unpaired) electrons. The molecule has 94 valence electrons. The lowest BCUT2D eigenvalue weighted by Gasteiger charge is -2.13. The van der Waals surface area contributed by atoms with Crippen LogP contribution in [0.5, 0.6) is 0 Å². The molecule has 0 bridgehead atoms. The molecule has 18 heavy (non-hydrogen) atoms. The number of aliphatic hydroxyl groups excluding tert-OH is 1. The van der Waals surface area contributed by atoms with Crippen LogP contribution in [0.25, 0.3) is 11.0 Å². The van der Waals surface area contributed by atoms with Gasteiger partial charge < -0.3 is 9.67 Å². The van der Waals surface area contributed by atoms with Crippen molar-refractivity contribution < 1.29 is 5.11 Å². The second-order valence-electron chi connectivity index (χ2n) is 4.97. The Bertz CT molecular complexity index is 605. The molecule has 0 spiro atoms. The highest BCUT2D eigenvalue weighted by Gasteiger charge is 2.15. The van der Waals surface area contributed by atoms with Crippen LogP contribution in [0.15, 0.2) is 18.2 Å². The lowest BCUT2D eigenvalue weighted by Crippen LogP contribution is -2.10. The first kappa shape index (κ1) is 12.6. The number of rotatable bonds is 3. The van der Waals surface area contributed by atoms with Gasteiger partial charge in [-0.3, -0.25) is 0 Å². The summed E-state index contributed by atoms with van der Waals surface area (Å²) >= 11 is 0. The van der Waals surface area contributed by atoms with Crippen LogP contribution in [-0.2, 0) is 6.54 Å². The van der Waals surface area contributed by atoms with Crippen molar-refractivity contribution in [1.82, 2.24) is 9.55 Å². The van der Waals surface area contributed by atoms with Crippen molar-refractivity contribution in [3.63, 3.8) is 0 Å². The molecule has 1 aromatic heterocycles. The third-order valence-electron chi connectivity index (χ3n) is 2.83. The van der Waals surface area contributed by atoms with Crippen molar-refractivity contribution in [3.8, 4) is 6.07 Å². The van der Waals surface area contributed by atoms with Gasteiger partial charge in [-0.2, -0.15) is 5.26 Å². The van der Waals surface area contributed by atoms with Crippen LogP contribution in [0.3, 0.4) is 0 Å². The normalized spacial score (nSPS) is 12.9. The maximum atomic E-state index is 9.80. The fourth-order valence-corrected chi connectivity index (χ4v) is 2.09. The van der Waals surface area contributed by atoms with Gasteiger partial charge in [0.25, 0.3) is 0 Å². The van der Waals surface area contributed by atoms with Crippen LogP contribution in [-0.4, -0.2) is 14.7 Å². The van der Waals surface area contributed by atoms with Gasteiger partial charge in [0.05, 0.1) is 22.7 Å². The van der Waals surface area contributed by atoms with E-state index in [1.54, 1.807) is 19.1 Å². The van der Waals surface area contributed by atoms with Crippen molar-refractivity contribution in [2.75, 3.05) is 0 Å². The molecule has 0 aliphatic carbocycles. The number of aliphatic hydroxyl groups is 1. The van der Waals surface area contributed by atoms with Gasteiger partial charge in [0, 0.05) is 6.54 Å². The van der Waals surface area contributed by atoms with Gasteiger partial charge in [0.1, 0.15) is 11.9 Å². The van der Waals surface area contributed by atoms with Crippen LogP contribution < -0.4 is 0 Å². The van der Waals surface area contributed by atoms with E-state index in [1.165, 1.54) is 0 Å². The van der Waals surface area contributed by atoms with Gasteiger partial charge in [-0.15, -0.1) is 0 Å². The highest BCUT2D eigenvalue weighted by molar-refractivity contribution is 5.77. The summed E-state index contributed by atoms with van der Waals surface area (Å²) in [6.45, 7) is 6.77. The highest BCUT2D eigenvalue weighted by atomic mass is 16.3. The summed E-state index contributed by atoms with van der Waals surface area (Å²) < 4.78 is 2.03. The van der Waals surface area contributed by atoms with E-state index in [0.717, 1.165) is 17.6 Å². The second-order valence-corrected chi connectivity index (χ2v) is 4.97. The van der Waals surface area contributed by atoms with E-state index in [0.29, 0.717) is 17.3 Å². The Kier molecular flexibility index (Phi) is 3.35. The van der Waals surface area contributed by atoms with E-state index in [1.807, 2.05) is 10.6 Å². The summed E-state index contributed by atoms with van der Waals surface area (Å²) in [5.41, 5.74) is 2.33. The van der Waals surface area contributed by atoms with Crippen LogP contribution >= 0.6 is 0 Å². The molecule has 0 aliphatic rings. The van der Waals surface area contributed by atoms with Gasteiger partial charge in [-0.25, -0.2) is 4.98 Å². The summed E-state index contributed by atoms with van der Waals surface area (Å²) in [7, 11) is 0. The third kappa shape index (κ3) is 2.22. The van der Waals surface area contributed by atoms with Crippen LogP contribution in [0.2, 0.25) is 0 Å². The Balaban J connectivity index is 2.64. The molecule has 2 aromatic rings. The van der Waals surface area contributed by atoms with Crippen molar-refractivity contribution in [1.29, 1.82) is 5.26 Å². The molecule has 1 unspecified atom stereocenters. The maximum absolute atomic E-state index is 9.80.